The second kappa shape index (κ2) is 7.85. The maximum Gasteiger partial charge on any atom is 0.239 e. The fraction of sp³-hybridized carbons (Fsp3) is 0.588. The molecule has 0 saturated carbocycles. The lowest BCUT2D eigenvalue weighted by Gasteiger charge is -2.29. The molecule has 1 aromatic rings. The Hall–Kier alpha value is -1.00. The molecule has 1 aromatic carbocycles. The van der Waals surface area contributed by atoms with E-state index in [4.69, 9.17) is 0 Å². The highest BCUT2D eigenvalue weighted by Crippen LogP contribution is 2.19. The van der Waals surface area contributed by atoms with Crippen molar-refractivity contribution in [2.75, 3.05) is 26.9 Å². The van der Waals surface area contributed by atoms with E-state index >= 15 is 0 Å². The molecule has 1 heterocycles. The number of hydrogen-bond donors (Lipinski definition) is 0. The van der Waals surface area contributed by atoms with Crippen molar-refractivity contribution in [3.8, 4) is 0 Å². The lowest BCUT2D eigenvalue weighted by Crippen LogP contribution is -2.45. The molecule has 2 rings (SSSR count). The van der Waals surface area contributed by atoms with Crippen LogP contribution in [0.4, 0.5) is 0 Å². The second-order valence-corrected chi connectivity index (χ2v) is 6.77. The molecule has 1 atom stereocenters. The summed E-state index contributed by atoms with van der Waals surface area (Å²) in [6.07, 6.45) is 6.68. The first-order valence-electron chi connectivity index (χ1n) is 7.70. The van der Waals surface area contributed by atoms with Gasteiger partial charge in [-0.2, -0.15) is 0 Å². The van der Waals surface area contributed by atoms with Crippen LogP contribution in [0.25, 0.3) is 0 Å². The molecule has 1 aliphatic rings. The zero-order valence-electron chi connectivity index (χ0n) is 13.3. The summed E-state index contributed by atoms with van der Waals surface area (Å²) in [6.45, 7) is 1.73. The first-order chi connectivity index (χ1) is 10.1. The lowest BCUT2D eigenvalue weighted by molar-refractivity contribution is -0.135. The molecule has 21 heavy (non-hydrogen) atoms. The van der Waals surface area contributed by atoms with E-state index in [0.717, 1.165) is 19.4 Å². The van der Waals surface area contributed by atoms with Crippen molar-refractivity contribution < 1.29 is 4.79 Å². The molecule has 1 unspecified atom stereocenters. The number of carbonyl (C=O) groups excluding carboxylic acids is 1. The summed E-state index contributed by atoms with van der Waals surface area (Å²) in [5, 5.41) is 0. The van der Waals surface area contributed by atoms with Crippen molar-refractivity contribution in [3.63, 3.8) is 0 Å². The van der Waals surface area contributed by atoms with Crippen LogP contribution in [0.2, 0.25) is 0 Å². The molecule has 0 spiro atoms. The molecular weight excluding hydrogens is 280 g/mol. The van der Waals surface area contributed by atoms with Crippen molar-refractivity contribution in [2.45, 2.75) is 43.2 Å². The molecule has 0 aliphatic carbocycles. The number of likely N-dealkylation sites (N-methyl/N-ethyl adjacent to an activating group) is 2. The van der Waals surface area contributed by atoms with Crippen LogP contribution >= 0.6 is 11.8 Å². The highest BCUT2D eigenvalue weighted by Gasteiger charge is 2.27. The molecule has 0 aromatic heterocycles. The van der Waals surface area contributed by atoms with Crippen LogP contribution in [0.5, 0.6) is 0 Å². The Labute approximate surface area is 132 Å². The van der Waals surface area contributed by atoms with Crippen LogP contribution in [0.15, 0.2) is 29.2 Å². The highest BCUT2D eigenvalue weighted by atomic mass is 32.2. The van der Waals surface area contributed by atoms with Gasteiger partial charge in [0.1, 0.15) is 0 Å². The zero-order valence-corrected chi connectivity index (χ0v) is 14.2. The van der Waals surface area contributed by atoms with Gasteiger partial charge in [-0.25, -0.2) is 0 Å². The summed E-state index contributed by atoms with van der Waals surface area (Å²) >= 11 is 1.74. The van der Waals surface area contributed by atoms with Gasteiger partial charge >= 0.3 is 0 Å². The lowest BCUT2D eigenvalue weighted by atomic mass is 10.1. The number of likely N-dealkylation sites (tertiary alicyclic amines) is 1. The van der Waals surface area contributed by atoms with E-state index in [2.05, 4.69) is 42.5 Å². The molecule has 116 valence electrons. The van der Waals surface area contributed by atoms with Crippen molar-refractivity contribution in [2.24, 2.45) is 0 Å². The van der Waals surface area contributed by atoms with E-state index in [1.54, 1.807) is 11.8 Å². The molecule has 0 bridgehead atoms. The highest BCUT2D eigenvalue weighted by molar-refractivity contribution is 7.98. The fourth-order valence-electron chi connectivity index (χ4n) is 2.94. The predicted octanol–water partition coefficient (Wildman–Crippen LogP) is 3.24. The Morgan fingerprint density at radius 1 is 1.38 bits per heavy atom. The van der Waals surface area contributed by atoms with Gasteiger partial charge in [0, 0.05) is 18.5 Å². The molecule has 0 N–H and O–H groups in total. The molecule has 1 aliphatic heterocycles. The standard InChI is InChI=1S/C17H26N2OS/c1-18-11-6-4-5-10-16(18)17(20)19(2)13-14-8-7-9-15(12-14)21-3/h7-9,12,16H,4-6,10-11,13H2,1-3H3. The van der Waals surface area contributed by atoms with Gasteiger partial charge in [-0.15, -0.1) is 11.8 Å². The number of thioether (sulfide) groups is 1. The second-order valence-electron chi connectivity index (χ2n) is 5.89. The van der Waals surface area contributed by atoms with Gasteiger partial charge in [0.2, 0.25) is 5.91 Å². The molecule has 1 fully saturated rings. The van der Waals surface area contributed by atoms with Crippen LogP contribution in [0, 0.1) is 0 Å². The average Bonchev–Trinajstić information content (AvgIpc) is 2.71. The van der Waals surface area contributed by atoms with Gasteiger partial charge in [0.25, 0.3) is 0 Å². The maximum absolute atomic E-state index is 12.7. The van der Waals surface area contributed by atoms with Gasteiger partial charge in [-0.1, -0.05) is 25.0 Å². The van der Waals surface area contributed by atoms with Crippen LogP contribution < -0.4 is 0 Å². The van der Waals surface area contributed by atoms with E-state index in [0.29, 0.717) is 6.54 Å². The van der Waals surface area contributed by atoms with Crippen LogP contribution in [-0.2, 0) is 11.3 Å². The molecule has 4 heteroatoms. The molecule has 1 saturated heterocycles. The third kappa shape index (κ3) is 4.48. The Morgan fingerprint density at radius 2 is 2.19 bits per heavy atom. The van der Waals surface area contributed by atoms with E-state index in [9.17, 15) is 4.79 Å². The molecular formula is C17H26N2OS. The van der Waals surface area contributed by atoms with Gasteiger partial charge in [-0.05, 0) is 50.4 Å². The summed E-state index contributed by atoms with van der Waals surface area (Å²) in [5.74, 6) is 0.258. The van der Waals surface area contributed by atoms with Crippen LogP contribution in [0.1, 0.15) is 31.2 Å². The van der Waals surface area contributed by atoms with E-state index in [1.807, 2.05) is 11.9 Å². The SMILES string of the molecule is CSc1cccc(CN(C)C(=O)C2CCCCCN2C)c1. The minimum Gasteiger partial charge on any atom is -0.340 e. The number of benzene rings is 1. The number of amides is 1. The number of rotatable bonds is 4. The van der Waals surface area contributed by atoms with Gasteiger partial charge < -0.3 is 4.90 Å². The molecule has 1 amide bonds. The Bertz CT molecular complexity index is 478. The van der Waals surface area contributed by atoms with E-state index in [-0.39, 0.29) is 11.9 Å². The van der Waals surface area contributed by atoms with Crippen molar-refractivity contribution >= 4 is 17.7 Å². The maximum atomic E-state index is 12.7. The molecule has 0 radical (unpaired) electrons. The van der Waals surface area contributed by atoms with Crippen molar-refractivity contribution in [3.05, 3.63) is 29.8 Å². The molecule has 3 nitrogen and oxygen atoms in total. The van der Waals surface area contributed by atoms with E-state index < -0.39 is 0 Å². The first-order valence-corrected chi connectivity index (χ1v) is 8.92. The summed E-state index contributed by atoms with van der Waals surface area (Å²) in [6, 6.07) is 8.50. The van der Waals surface area contributed by atoms with E-state index in [1.165, 1.54) is 23.3 Å². The topological polar surface area (TPSA) is 23.6 Å². The van der Waals surface area contributed by atoms with Gasteiger partial charge in [-0.3, -0.25) is 9.69 Å². The Balaban J connectivity index is 2.00. The fourth-order valence-corrected chi connectivity index (χ4v) is 3.42. The zero-order chi connectivity index (χ0) is 15.2. The largest absolute Gasteiger partial charge is 0.340 e. The summed E-state index contributed by atoms with van der Waals surface area (Å²) in [5.41, 5.74) is 1.20. The van der Waals surface area contributed by atoms with Crippen LogP contribution in [0.3, 0.4) is 0 Å². The quantitative estimate of drug-likeness (QED) is 0.798. The van der Waals surface area contributed by atoms with Gasteiger partial charge in [0.15, 0.2) is 0 Å². The Morgan fingerprint density at radius 3 is 2.95 bits per heavy atom. The first kappa shape index (κ1) is 16.4. The van der Waals surface area contributed by atoms with Crippen LogP contribution in [-0.4, -0.2) is 48.6 Å². The summed E-state index contributed by atoms with van der Waals surface area (Å²) in [7, 11) is 4.00. The minimum atomic E-state index is 0.0567. The summed E-state index contributed by atoms with van der Waals surface area (Å²) < 4.78 is 0. The average molecular weight is 306 g/mol. The normalized spacial score (nSPS) is 20.0. The van der Waals surface area contributed by atoms with Gasteiger partial charge in [0.05, 0.1) is 6.04 Å². The summed E-state index contributed by atoms with van der Waals surface area (Å²) in [4.78, 5) is 18.1. The smallest absolute Gasteiger partial charge is 0.239 e. The number of carbonyl (C=O) groups is 1. The Kier molecular flexibility index (Phi) is 6.12. The minimum absolute atomic E-state index is 0.0567. The number of hydrogen-bond acceptors (Lipinski definition) is 3. The van der Waals surface area contributed by atoms with Crippen molar-refractivity contribution in [1.82, 2.24) is 9.80 Å². The number of nitrogens with zero attached hydrogens (tertiary/aromatic N) is 2. The third-order valence-corrected chi connectivity index (χ3v) is 4.96. The van der Waals surface area contributed by atoms with Crippen molar-refractivity contribution in [1.29, 1.82) is 0 Å². The monoisotopic (exact) mass is 306 g/mol. The predicted molar refractivity (Wildman–Crippen MR) is 89.6 cm³/mol. The third-order valence-electron chi connectivity index (χ3n) is 4.24.